The summed E-state index contributed by atoms with van der Waals surface area (Å²) in [4.78, 5) is 14.1. The van der Waals surface area contributed by atoms with Gasteiger partial charge in [-0.3, -0.25) is 4.90 Å². The minimum absolute atomic E-state index is 0.291. The first kappa shape index (κ1) is 17.2. The van der Waals surface area contributed by atoms with Crippen LogP contribution in [0.4, 0.5) is 10.5 Å². The van der Waals surface area contributed by atoms with Gasteiger partial charge in [-0.1, -0.05) is 48.5 Å². The molecule has 5 heteroatoms. The molecule has 126 valence electrons. The van der Waals surface area contributed by atoms with Gasteiger partial charge in [-0.2, -0.15) is 0 Å². The molecule has 3 rings (SSSR count). The molecule has 1 heterocycles. The molecule has 1 amide bonds. The highest BCUT2D eigenvalue weighted by molar-refractivity contribution is 8.16. The van der Waals surface area contributed by atoms with Gasteiger partial charge in [0.05, 0.1) is 10.3 Å². The zero-order chi connectivity index (χ0) is 16.8. The summed E-state index contributed by atoms with van der Waals surface area (Å²) in [5.74, 6) is 2.35. The molecule has 0 atom stereocenters. The van der Waals surface area contributed by atoms with Gasteiger partial charge in [0.1, 0.15) is 6.61 Å². The summed E-state index contributed by atoms with van der Waals surface area (Å²) in [6, 6.07) is 17.9. The molecule has 1 fully saturated rings. The second kappa shape index (κ2) is 8.49. The van der Waals surface area contributed by atoms with Crippen molar-refractivity contribution >= 4 is 35.3 Å². The smallest absolute Gasteiger partial charge is 0.414 e. The monoisotopic (exact) mass is 359 g/mol. The van der Waals surface area contributed by atoms with E-state index < -0.39 is 0 Å². The van der Waals surface area contributed by atoms with E-state index in [4.69, 9.17) is 4.74 Å². The first-order chi connectivity index (χ1) is 11.8. The van der Waals surface area contributed by atoms with Crippen LogP contribution in [-0.4, -0.2) is 24.6 Å². The van der Waals surface area contributed by atoms with Crippen LogP contribution < -0.4 is 4.90 Å². The Hall–Kier alpha value is -1.59. The lowest BCUT2D eigenvalue weighted by atomic mass is 10.2. The van der Waals surface area contributed by atoms with Crippen molar-refractivity contribution in [3.8, 4) is 0 Å². The molecule has 0 N–H and O–H groups in total. The standard InChI is InChI=1S/C19H21NO2S2/c1-20(19(21)22-14-15-8-3-2-4-9-15)17-11-6-5-10-16(17)18-23-12-7-13-24-18/h2-6,8-11,18H,7,12-14H2,1H3. The Kier molecular flexibility index (Phi) is 6.10. The molecular weight excluding hydrogens is 338 g/mol. The molecule has 24 heavy (non-hydrogen) atoms. The lowest BCUT2D eigenvalue weighted by Crippen LogP contribution is -2.28. The molecule has 2 aromatic carbocycles. The van der Waals surface area contributed by atoms with Gasteiger partial charge in [0, 0.05) is 7.05 Å². The number of anilines is 1. The van der Waals surface area contributed by atoms with Crippen LogP contribution >= 0.6 is 23.5 Å². The van der Waals surface area contributed by atoms with Gasteiger partial charge in [0.25, 0.3) is 0 Å². The third kappa shape index (κ3) is 4.28. The van der Waals surface area contributed by atoms with Crippen molar-refractivity contribution in [2.45, 2.75) is 17.6 Å². The fourth-order valence-electron chi connectivity index (χ4n) is 2.57. The second-order valence-corrected chi connectivity index (χ2v) is 8.31. The van der Waals surface area contributed by atoms with Crippen LogP contribution in [0, 0.1) is 0 Å². The van der Waals surface area contributed by atoms with Crippen LogP contribution in [0.5, 0.6) is 0 Å². The molecule has 0 bridgehead atoms. The minimum atomic E-state index is -0.322. The normalized spacial score (nSPS) is 15.0. The first-order valence-electron chi connectivity index (χ1n) is 8.02. The molecule has 2 aromatic rings. The van der Waals surface area contributed by atoms with Crippen molar-refractivity contribution in [3.05, 3.63) is 65.7 Å². The molecule has 0 aliphatic carbocycles. The molecule has 0 radical (unpaired) electrons. The number of carbonyl (C=O) groups excluding carboxylic acids is 1. The molecular formula is C19H21NO2S2. The van der Waals surface area contributed by atoms with E-state index in [1.54, 1.807) is 11.9 Å². The summed E-state index contributed by atoms with van der Waals surface area (Å²) in [6.07, 6.45) is 0.931. The van der Waals surface area contributed by atoms with E-state index in [-0.39, 0.29) is 6.09 Å². The third-order valence-electron chi connectivity index (χ3n) is 3.86. The van der Waals surface area contributed by atoms with Gasteiger partial charge in [0.15, 0.2) is 0 Å². The first-order valence-corrected chi connectivity index (χ1v) is 10.1. The summed E-state index contributed by atoms with van der Waals surface area (Å²) in [6.45, 7) is 0.291. The Morgan fingerprint density at radius 1 is 1.08 bits per heavy atom. The van der Waals surface area contributed by atoms with E-state index >= 15 is 0 Å². The maximum Gasteiger partial charge on any atom is 0.414 e. The van der Waals surface area contributed by atoms with Crippen LogP contribution in [0.15, 0.2) is 54.6 Å². The maximum atomic E-state index is 12.4. The molecule has 0 spiro atoms. The highest BCUT2D eigenvalue weighted by Crippen LogP contribution is 2.46. The maximum absolute atomic E-state index is 12.4. The van der Waals surface area contributed by atoms with Crippen molar-refractivity contribution in [3.63, 3.8) is 0 Å². The molecule has 1 saturated heterocycles. The molecule has 0 aromatic heterocycles. The second-order valence-electron chi connectivity index (χ2n) is 5.59. The van der Waals surface area contributed by atoms with E-state index in [0.29, 0.717) is 11.2 Å². The van der Waals surface area contributed by atoms with Gasteiger partial charge in [-0.15, -0.1) is 23.5 Å². The molecule has 1 aliphatic rings. The average molecular weight is 360 g/mol. The topological polar surface area (TPSA) is 29.5 Å². The van der Waals surface area contributed by atoms with E-state index in [1.165, 1.54) is 23.5 Å². The Morgan fingerprint density at radius 2 is 1.75 bits per heavy atom. The van der Waals surface area contributed by atoms with Gasteiger partial charge in [0.2, 0.25) is 0 Å². The quantitative estimate of drug-likeness (QED) is 0.738. The summed E-state index contributed by atoms with van der Waals surface area (Å²) in [5, 5.41) is 0. The summed E-state index contributed by atoms with van der Waals surface area (Å²) < 4.78 is 5.85. The number of para-hydroxylation sites is 1. The fourth-order valence-corrected chi connectivity index (χ4v) is 5.53. The SMILES string of the molecule is CN(C(=O)OCc1ccccc1)c1ccccc1C1SCCCS1. The predicted molar refractivity (Wildman–Crippen MR) is 104 cm³/mol. The number of hydrogen-bond acceptors (Lipinski definition) is 4. The van der Waals surface area contributed by atoms with Crippen molar-refractivity contribution in [2.24, 2.45) is 0 Å². The van der Waals surface area contributed by atoms with Crippen LogP contribution in [0.25, 0.3) is 0 Å². The third-order valence-corrected chi connectivity index (χ3v) is 6.84. The van der Waals surface area contributed by atoms with Gasteiger partial charge >= 0.3 is 6.09 Å². The zero-order valence-corrected chi connectivity index (χ0v) is 15.3. The molecule has 0 unspecified atom stereocenters. The Labute approximate surface area is 151 Å². The zero-order valence-electron chi connectivity index (χ0n) is 13.7. The molecule has 1 aliphatic heterocycles. The van der Waals surface area contributed by atoms with Crippen molar-refractivity contribution in [1.82, 2.24) is 0 Å². The van der Waals surface area contributed by atoms with Gasteiger partial charge in [-0.05, 0) is 35.1 Å². The highest BCUT2D eigenvalue weighted by atomic mass is 32.2. The van der Waals surface area contributed by atoms with E-state index in [2.05, 4.69) is 6.07 Å². The number of ether oxygens (including phenoxy) is 1. The number of hydrogen-bond donors (Lipinski definition) is 0. The number of amides is 1. The number of thioether (sulfide) groups is 2. The predicted octanol–water partition coefficient (Wildman–Crippen LogP) is 5.33. The lowest BCUT2D eigenvalue weighted by Gasteiger charge is -2.26. The van der Waals surface area contributed by atoms with E-state index in [0.717, 1.165) is 11.3 Å². The minimum Gasteiger partial charge on any atom is -0.444 e. The summed E-state index contributed by atoms with van der Waals surface area (Å²) in [5.41, 5.74) is 3.12. The number of nitrogens with zero attached hydrogens (tertiary/aromatic N) is 1. The van der Waals surface area contributed by atoms with Crippen molar-refractivity contribution < 1.29 is 9.53 Å². The van der Waals surface area contributed by atoms with E-state index in [9.17, 15) is 4.79 Å². The van der Waals surface area contributed by atoms with Crippen LogP contribution in [-0.2, 0) is 11.3 Å². The number of rotatable bonds is 4. The average Bonchev–Trinajstić information content (AvgIpc) is 2.67. The van der Waals surface area contributed by atoms with Gasteiger partial charge in [-0.25, -0.2) is 4.79 Å². The Balaban J connectivity index is 1.69. The molecule has 3 nitrogen and oxygen atoms in total. The Morgan fingerprint density at radius 3 is 2.50 bits per heavy atom. The van der Waals surface area contributed by atoms with Gasteiger partial charge < -0.3 is 4.74 Å². The van der Waals surface area contributed by atoms with Crippen LogP contribution in [0.1, 0.15) is 22.1 Å². The Bertz CT molecular complexity index is 672. The fraction of sp³-hybridized carbons (Fsp3) is 0.316. The van der Waals surface area contributed by atoms with Crippen LogP contribution in [0.3, 0.4) is 0 Å². The highest BCUT2D eigenvalue weighted by Gasteiger charge is 2.23. The summed E-state index contributed by atoms with van der Waals surface area (Å²) in [7, 11) is 1.78. The molecule has 0 saturated carbocycles. The van der Waals surface area contributed by atoms with Crippen molar-refractivity contribution in [1.29, 1.82) is 0 Å². The van der Waals surface area contributed by atoms with Crippen LogP contribution in [0.2, 0.25) is 0 Å². The van der Waals surface area contributed by atoms with E-state index in [1.807, 2.05) is 72.1 Å². The largest absolute Gasteiger partial charge is 0.444 e. The summed E-state index contributed by atoms with van der Waals surface area (Å²) >= 11 is 3.91. The van der Waals surface area contributed by atoms with Crippen molar-refractivity contribution in [2.75, 3.05) is 23.5 Å². The number of carbonyl (C=O) groups is 1. The number of benzene rings is 2. The lowest BCUT2D eigenvalue weighted by molar-refractivity contribution is 0.148.